The maximum absolute atomic E-state index is 12.9. The Hall–Kier alpha value is -2.20. The molecule has 116 valence electrons. The molecule has 0 heterocycles. The van der Waals surface area contributed by atoms with Gasteiger partial charge in [0.05, 0.1) is 6.10 Å². The summed E-state index contributed by atoms with van der Waals surface area (Å²) in [6.07, 6.45) is 0.112. The normalized spacial score (nSPS) is 13.4. The van der Waals surface area contributed by atoms with E-state index in [1.54, 1.807) is 6.92 Å². The molecule has 0 saturated heterocycles. The third-order valence-electron chi connectivity index (χ3n) is 3.51. The number of hydrogen-bond acceptors (Lipinski definition) is 2. The van der Waals surface area contributed by atoms with E-state index < -0.39 is 6.10 Å². The van der Waals surface area contributed by atoms with Crippen LogP contribution in [0.2, 0.25) is 0 Å². The number of carbonyl (C=O) groups excluding carboxylic acids is 1. The highest BCUT2D eigenvalue weighted by Crippen LogP contribution is 2.20. The van der Waals surface area contributed by atoms with Gasteiger partial charge in [-0.05, 0) is 43.2 Å². The van der Waals surface area contributed by atoms with E-state index in [0.29, 0.717) is 18.5 Å². The number of carbonyl (C=O) groups is 1. The van der Waals surface area contributed by atoms with Gasteiger partial charge in [-0.2, -0.15) is 0 Å². The second-order valence-electron chi connectivity index (χ2n) is 5.41. The highest BCUT2D eigenvalue weighted by atomic mass is 19.1. The van der Waals surface area contributed by atoms with E-state index >= 15 is 0 Å². The van der Waals surface area contributed by atoms with Crippen molar-refractivity contribution < 1.29 is 14.3 Å². The van der Waals surface area contributed by atoms with Crippen LogP contribution in [-0.2, 0) is 0 Å². The zero-order valence-electron chi connectivity index (χ0n) is 12.5. The molecule has 2 aromatic rings. The summed E-state index contributed by atoms with van der Waals surface area (Å²) in [5.41, 5.74) is 1.49. The van der Waals surface area contributed by atoms with Gasteiger partial charge in [0.1, 0.15) is 5.82 Å². The predicted molar refractivity (Wildman–Crippen MR) is 84.2 cm³/mol. The maximum Gasteiger partial charge on any atom is 0.251 e. The van der Waals surface area contributed by atoms with Gasteiger partial charge in [-0.25, -0.2) is 4.39 Å². The molecule has 0 fully saturated rings. The van der Waals surface area contributed by atoms with E-state index in [1.165, 1.54) is 24.3 Å². The van der Waals surface area contributed by atoms with Gasteiger partial charge in [-0.3, -0.25) is 4.79 Å². The topological polar surface area (TPSA) is 49.3 Å². The van der Waals surface area contributed by atoms with Crippen LogP contribution in [0.15, 0.2) is 54.6 Å². The molecule has 0 aliphatic carbocycles. The molecule has 0 aromatic heterocycles. The third kappa shape index (κ3) is 4.67. The largest absolute Gasteiger partial charge is 0.393 e. The van der Waals surface area contributed by atoms with Crippen molar-refractivity contribution in [1.29, 1.82) is 0 Å². The van der Waals surface area contributed by atoms with Gasteiger partial charge >= 0.3 is 0 Å². The lowest BCUT2D eigenvalue weighted by Gasteiger charge is -2.19. The molecule has 2 rings (SSSR count). The number of nitrogens with one attached hydrogen (secondary N) is 1. The average molecular weight is 301 g/mol. The number of rotatable bonds is 6. The molecular formula is C18H20FNO2. The Morgan fingerprint density at radius 2 is 1.77 bits per heavy atom. The standard InChI is InChI=1S/C18H20FNO2/c1-13(21)11-16(14-5-3-2-4-6-14)12-20-18(22)15-7-9-17(19)10-8-15/h2-10,13,16,21H,11-12H2,1H3,(H,20,22). The van der Waals surface area contributed by atoms with E-state index in [1.807, 2.05) is 30.3 Å². The van der Waals surface area contributed by atoms with Crippen molar-refractivity contribution >= 4 is 5.91 Å². The molecule has 2 unspecified atom stereocenters. The fraction of sp³-hybridized carbons (Fsp3) is 0.278. The van der Waals surface area contributed by atoms with Gasteiger partial charge in [0.25, 0.3) is 5.91 Å². The first kappa shape index (κ1) is 16.2. The summed E-state index contributed by atoms with van der Waals surface area (Å²) in [5.74, 6) is -0.579. The number of aliphatic hydroxyl groups is 1. The fourth-order valence-electron chi connectivity index (χ4n) is 2.39. The van der Waals surface area contributed by atoms with Crippen molar-refractivity contribution in [3.63, 3.8) is 0 Å². The monoisotopic (exact) mass is 301 g/mol. The SMILES string of the molecule is CC(O)CC(CNC(=O)c1ccc(F)cc1)c1ccccc1. The van der Waals surface area contributed by atoms with Gasteiger partial charge in [0.15, 0.2) is 0 Å². The number of amides is 1. The van der Waals surface area contributed by atoms with Crippen LogP contribution in [0, 0.1) is 5.82 Å². The Morgan fingerprint density at radius 1 is 1.14 bits per heavy atom. The molecule has 22 heavy (non-hydrogen) atoms. The van der Waals surface area contributed by atoms with Crippen molar-refractivity contribution in [3.8, 4) is 0 Å². The summed E-state index contributed by atoms with van der Waals surface area (Å²) in [6, 6.07) is 15.2. The molecule has 2 aromatic carbocycles. The van der Waals surface area contributed by atoms with Crippen LogP contribution in [-0.4, -0.2) is 23.7 Å². The van der Waals surface area contributed by atoms with Crippen LogP contribution in [0.5, 0.6) is 0 Å². The minimum atomic E-state index is -0.451. The molecule has 0 radical (unpaired) electrons. The smallest absolute Gasteiger partial charge is 0.251 e. The highest BCUT2D eigenvalue weighted by molar-refractivity contribution is 5.94. The summed E-state index contributed by atoms with van der Waals surface area (Å²) in [4.78, 5) is 12.1. The number of halogens is 1. The molecule has 3 nitrogen and oxygen atoms in total. The summed E-state index contributed by atoms with van der Waals surface area (Å²) < 4.78 is 12.9. The van der Waals surface area contributed by atoms with Crippen LogP contribution in [0.4, 0.5) is 4.39 Å². The molecule has 0 saturated carbocycles. The van der Waals surface area contributed by atoms with Gasteiger partial charge in [0, 0.05) is 18.0 Å². The summed E-state index contributed by atoms with van der Waals surface area (Å²) in [5, 5.41) is 12.5. The van der Waals surface area contributed by atoms with Crippen molar-refractivity contribution in [2.24, 2.45) is 0 Å². The first-order chi connectivity index (χ1) is 10.6. The van der Waals surface area contributed by atoms with Crippen LogP contribution in [0.25, 0.3) is 0 Å². The van der Waals surface area contributed by atoms with E-state index in [2.05, 4.69) is 5.32 Å². The highest BCUT2D eigenvalue weighted by Gasteiger charge is 2.16. The Balaban J connectivity index is 2.02. The van der Waals surface area contributed by atoms with Crippen LogP contribution in [0.3, 0.4) is 0 Å². The van der Waals surface area contributed by atoms with Gasteiger partial charge in [-0.15, -0.1) is 0 Å². The number of benzene rings is 2. The van der Waals surface area contributed by atoms with E-state index in [4.69, 9.17) is 0 Å². The molecular weight excluding hydrogens is 281 g/mol. The van der Waals surface area contributed by atoms with E-state index in [0.717, 1.165) is 5.56 Å². The van der Waals surface area contributed by atoms with Crippen LogP contribution in [0.1, 0.15) is 35.2 Å². The van der Waals surface area contributed by atoms with Crippen molar-refractivity contribution in [2.45, 2.75) is 25.4 Å². The maximum atomic E-state index is 12.9. The van der Waals surface area contributed by atoms with Gasteiger partial charge < -0.3 is 10.4 Å². The molecule has 2 N–H and O–H groups in total. The van der Waals surface area contributed by atoms with Gasteiger partial charge in [-0.1, -0.05) is 30.3 Å². The van der Waals surface area contributed by atoms with E-state index in [9.17, 15) is 14.3 Å². The predicted octanol–water partition coefficient (Wildman–Crippen LogP) is 3.11. The summed E-state index contributed by atoms with van der Waals surface area (Å²) in [7, 11) is 0. The number of hydrogen-bond donors (Lipinski definition) is 2. The molecule has 2 atom stereocenters. The van der Waals surface area contributed by atoms with Crippen LogP contribution < -0.4 is 5.32 Å². The van der Waals surface area contributed by atoms with Crippen molar-refractivity contribution in [1.82, 2.24) is 5.32 Å². The zero-order chi connectivity index (χ0) is 15.9. The number of aliphatic hydroxyl groups excluding tert-OH is 1. The lowest BCUT2D eigenvalue weighted by atomic mass is 9.93. The lowest BCUT2D eigenvalue weighted by Crippen LogP contribution is -2.29. The minimum Gasteiger partial charge on any atom is -0.393 e. The average Bonchev–Trinajstić information content (AvgIpc) is 2.52. The molecule has 0 aliphatic rings. The van der Waals surface area contributed by atoms with E-state index in [-0.39, 0.29) is 17.6 Å². The molecule has 0 bridgehead atoms. The van der Waals surface area contributed by atoms with Crippen molar-refractivity contribution in [3.05, 3.63) is 71.5 Å². The Morgan fingerprint density at radius 3 is 2.36 bits per heavy atom. The molecule has 0 aliphatic heterocycles. The third-order valence-corrected chi connectivity index (χ3v) is 3.51. The first-order valence-electron chi connectivity index (χ1n) is 7.33. The molecule has 4 heteroatoms. The second-order valence-corrected chi connectivity index (χ2v) is 5.41. The first-order valence-corrected chi connectivity index (χ1v) is 7.33. The second kappa shape index (κ2) is 7.71. The Labute approximate surface area is 129 Å². The Kier molecular flexibility index (Phi) is 5.67. The summed E-state index contributed by atoms with van der Waals surface area (Å²) in [6.45, 7) is 2.16. The lowest BCUT2D eigenvalue weighted by molar-refractivity contribution is 0.0945. The van der Waals surface area contributed by atoms with Gasteiger partial charge in [0.2, 0.25) is 0 Å². The van der Waals surface area contributed by atoms with Crippen molar-refractivity contribution in [2.75, 3.05) is 6.54 Å². The van der Waals surface area contributed by atoms with Crippen LogP contribution >= 0.6 is 0 Å². The Bertz CT molecular complexity index is 596. The molecule has 0 spiro atoms. The quantitative estimate of drug-likeness (QED) is 0.861. The fourth-order valence-corrected chi connectivity index (χ4v) is 2.39. The minimum absolute atomic E-state index is 0.0330. The molecule has 1 amide bonds. The zero-order valence-corrected chi connectivity index (χ0v) is 12.5. The summed E-state index contributed by atoms with van der Waals surface area (Å²) >= 11 is 0.